The second-order valence-corrected chi connectivity index (χ2v) is 3.49. The fraction of sp³-hybridized carbons (Fsp3) is 0.0909. The number of hydrogen-bond donors (Lipinski definition) is 3. The number of carbonyl (C=O) groups is 1. The second kappa shape index (κ2) is 4.74. The summed E-state index contributed by atoms with van der Waals surface area (Å²) in [7, 11) is 1.37. The minimum Gasteiger partial charge on any atom is -0.494 e. The molecule has 0 saturated heterocycles. The van der Waals surface area contributed by atoms with Crippen LogP contribution in [0.3, 0.4) is 0 Å². The molecular weight excluding hydrogens is 239 g/mol. The number of halogens is 1. The third-order valence-electron chi connectivity index (χ3n) is 2.25. The topological polar surface area (TPSA) is 93.0 Å². The highest BCUT2D eigenvalue weighted by Crippen LogP contribution is 2.20. The smallest absolute Gasteiger partial charge is 0.273 e. The van der Waals surface area contributed by atoms with Crippen LogP contribution in [0.25, 0.3) is 0 Å². The highest BCUT2D eigenvalue weighted by Gasteiger charge is 2.10. The van der Waals surface area contributed by atoms with Gasteiger partial charge in [-0.15, -0.1) is 0 Å². The van der Waals surface area contributed by atoms with E-state index in [0.29, 0.717) is 5.69 Å². The molecule has 1 heterocycles. The molecule has 0 unspecified atom stereocenters. The first-order chi connectivity index (χ1) is 8.60. The van der Waals surface area contributed by atoms with Crippen LogP contribution in [-0.4, -0.2) is 23.0 Å². The number of rotatable bonds is 3. The number of hydrogen-bond acceptors (Lipinski definition) is 4. The van der Waals surface area contributed by atoms with Crippen molar-refractivity contribution in [1.29, 1.82) is 0 Å². The lowest BCUT2D eigenvalue weighted by atomic mass is 10.3. The molecule has 0 radical (unpaired) electrons. The van der Waals surface area contributed by atoms with Crippen LogP contribution in [0.2, 0.25) is 0 Å². The maximum Gasteiger partial charge on any atom is 0.273 e. The second-order valence-electron chi connectivity index (χ2n) is 3.49. The molecule has 0 fully saturated rings. The van der Waals surface area contributed by atoms with Gasteiger partial charge in [-0.05, 0) is 12.1 Å². The lowest BCUT2D eigenvalue weighted by Gasteiger charge is -2.06. The number of ether oxygens (including phenoxy) is 1. The van der Waals surface area contributed by atoms with Gasteiger partial charge in [0.1, 0.15) is 5.69 Å². The van der Waals surface area contributed by atoms with Crippen LogP contribution in [0.4, 0.5) is 16.0 Å². The molecule has 1 aromatic heterocycles. The van der Waals surface area contributed by atoms with Crippen LogP contribution in [0.1, 0.15) is 10.5 Å². The summed E-state index contributed by atoms with van der Waals surface area (Å²) in [5.41, 5.74) is 5.86. The number of carbonyl (C=O) groups excluding carboxylic acids is 1. The van der Waals surface area contributed by atoms with E-state index in [4.69, 9.17) is 10.5 Å². The number of nitrogens with two attached hydrogens (primary N) is 1. The van der Waals surface area contributed by atoms with Gasteiger partial charge in [-0.3, -0.25) is 4.79 Å². The largest absolute Gasteiger partial charge is 0.494 e. The van der Waals surface area contributed by atoms with Gasteiger partial charge in [-0.1, -0.05) is 0 Å². The minimum absolute atomic E-state index is 0.110. The molecule has 0 aliphatic heterocycles. The Balaban J connectivity index is 2.14. The van der Waals surface area contributed by atoms with Gasteiger partial charge in [0.25, 0.3) is 5.91 Å². The normalized spacial score (nSPS) is 10.1. The Bertz CT molecular complexity index is 582. The maximum atomic E-state index is 13.4. The number of nitrogen functional groups attached to an aromatic ring is 1. The molecule has 94 valence electrons. The molecule has 0 atom stereocenters. The summed E-state index contributed by atoms with van der Waals surface area (Å²) in [6.45, 7) is 0. The van der Waals surface area contributed by atoms with Crippen molar-refractivity contribution in [2.45, 2.75) is 0 Å². The van der Waals surface area contributed by atoms with E-state index in [1.165, 1.54) is 25.4 Å². The van der Waals surface area contributed by atoms with Crippen LogP contribution < -0.4 is 15.8 Å². The minimum atomic E-state index is -0.556. The number of H-pyrrole nitrogens is 1. The van der Waals surface area contributed by atoms with Gasteiger partial charge in [0.15, 0.2) is 17.5 Å². The van der Waals surface area contributed by atoms with E-state index in [9.17, 15) is 9.18 Å². The highest BCUT2D eigenvalue weighted by molar-refractivity contribution is 6.02. The molecule has 1 aromatic carbocycles. The molecule has 2 aromatic rings. The number of benzene rings is 1. The van der Waals surface area contributed by atoms with Gasteiger partial charge < -0.3 is 20.8 Å². The lowest BCUT2D eigenvalue weighted by Crippen LogP contribution is -2.12. The number of nitrogens with zero attached hydrogens (tertiary/aromatic N) is 1. The predicted molar refractivity (Wildman–Crippen MR) is 63.9 cm³/mol. The van der Waals surface area contributed by atoms with Gasteiger partial charge >= 0.3 is 0 Å². The fourth-order valence-corrected chi connectivity index (χ4v) is 1.39. The maximum absolute atomic E-state index is 13.4. The quantitative estimate of drug-likeness (QED) is 0.767. The predicted octanol–water partition coefficient (Wildman–Crippen LogP) is 1.39. The summed E-state index contributed by atoms with van der Waals surface area (Å²) in [5, 5.41) is 2.50. The highest BCUT2D eigenvalue weighted by atomic mass is 19.1. The number of amides is 1. The number of imidazole rings is 1. The van der Waals surface area contributed by atoms with E-state index in [1.807, 2.05) is 0 Å². The van der Waals surface area contributed by atoms with E-state index in [2.05, 4.69) is 15.3 Å². The van der Waals surface area contributed by atoms with Crippen LogP contribution in [0, 0.1) is 5.82 Å². The van der Waals surface area contributed by atoms with Gasteiger partial charge in [0, 0.05) is 11.8 Å². The lowest BCUT2D eigenvalue weighted by molar-refractivity contribution is 0.102. The molecule has 0 saturated carbocycles. The summed E-state index contributed by atoms with van der Waals surface area (Å²) in [5.74, 6) is -0.761. The number of aromatic nitrogens is 2. The fourth-order valence-electron chi connectivity index (χ4n) is 1.39. The number of methoxy groups -OCH3 is 1. The SMILES string of the molecule is COc1ccc(NC(=O)c2cnc(N)[nH]2)cc1F. The molecule has 0 bridgehead atoms. The zero-order valence-corrected chi connectivity index (χ0v) is 9.53. The summed E-state index contributed by atoms with van der Waals surface area (Å²) in [4.78, 5) is 18.0. The van der Waals surface area contributed by atoms with E-state index in [0.717, 1.165) is 6.07 Å². The monoisotopic (exact) mass is 250 g/mol. The molecule has 6 nitrogen and oxygen atoms in total. The Labute approximate surface area is 102 Å². The Morgan fingerprint density at radius 2 is 2.33 bits per heavy atom. The van der Waals surface area contributed by atoms with Gasteiger partial charge in [-0.2, -0.15) is 0 Å². The van der Waals surface area contributed by atoms with Crippen molar-refractivity contribution in [2.75, 3.05) is 18.2 Å². The molecule has 0 spiro atoms. The average Bonchev–Trinajstić information content (AvgIpc) is 2.76. The van der Waals surface area contributed by atoms with E-state index in [-0.39, 0.29) is 17.4 Å². The molecule has 18 heavy (non-hydrogen) atoms. The van der Waals surface area contributed by atoms with Crippen LogP contribution >= 0.6 is 0 Å². The summed E-state index contributed by atoms with van der Waals surface area (Å²) in [6.07, 6.45) is 1.30. The Kier molecular flexibility index (Phi) is 3.13. The zero-order chi connectivity index (χ0) is 13.1. The first kappa shape index (κ1) is 11.9. The van der Waals surface area contributed by atoms with Crippen molar-refractivity contribution in [3.05, 3.63) is 35.9 Å². The third kappa shape index (κ3) is 2.40. The van der Waals surface area contributed by atoms with E-state index < -0.39 is 11.7 Å². The van der Waals surface area contributed by atoms with Crippen LogP contribution in [0.15, 0.2) is 24.4 Å². The van der Waals surface area contributed by atoms with Crippen LogP contribution in [-0.2, 0) is 0 Å². The molecule has 4 N–H and O–H groups in total. The van der Waals surface area contributed by atoms with Crippen molar-refractivity contribution in [3.63, 3.8) is 0 Å². The first-order valence-electron chi connectivity index (χ1n) is 5.05. The van der Waals surface area contributed by atoms with Crippen molar-refractivity contribution in [3.8, 4) is 5.75 Å². The van der Waals surface area contributed by atoms with Crippen molar-refractivity contribution >= 4 is 17.5 Å². The number of anilines is 2. The molecule has 0 aliphatic rings. The standard InChI is InChI=1S/C11H11FN4O2/c1-18-9-3-2-6(4-7(9)12)15-10(17)8-5-14-11(13)16-8/h2-5H,1H3,(H,15,17)(H3,13,14,16). The Morgan fingerprint density at radius 3 is 2.89 bits per heavy atom. The summed E-state index contributed by atoms with van der Waals surface area (Å²) < 4.78 is 18.2. The van der Waals surface area contributed by atoms with Gasteiger partial charge in [-0.25, -0.2) is 9.37 Å². The summed E-state index contributed by atoms with van der Waals surface area (Å²) in [6, 6.07) is 4.11. The molecule has 2 rings (SSSR count). The molecule has 1 amide bonds. The Morgan fingerprint density at radius 1 is 1.56 bits per heavy atom. The molecular formula is C11H11FN4O2. The van der Waals surface area contributed by atoms with Gasteiger partial charge in [0.05, 0.1) is 13.3 Å². The molecule has 0 aliphatic carbocycles. The third-order valence-corrected chi connectivity index (χ3v) is 2.25. The van der Waals surface area contributed by atoms with Crippen molar-refractivity contribution < 1.29 is 13.9 Å². The Hall–Kier alpha value is -2.57. The van der Waals surface area contributed by atoms with E-state index >= 15 is 0 Å². The molecule has 7 heteroatoms. The average molecular weight is 250 g/mol. The van der Waals surface area contributed by atoms with E-state index in [1.54, 1.807) is 0 Å². The summed E-state index contributed by atoms with van der Waals surface area (Å²) >= 11 is 0. The number of aromatic amines is 1. The zero-order valence-electron chi connectivity index (χ0n) is 9.53. The first-order valence-corrected chi connectivity index (χ1v) is 5.05. The number of nitrogens with one attached hydrogen (secondary N) is 2. The van der Waals surface area contributed by atoms with Crippen LogP contribution in [0.5, 0.6) is 5.75 Å². The van der Waals surface area contributed by atoms with Crippen molar-refractivity contribution in [1.82, 2.24) is 9.97 Å². The van der Waals surface area contributed by atoms with Crippen molar-refractivity contribution in [2.24, 2.45) is 0 Å². The van der Waals surface area contributed by atoms with Gasteiger partial charge in [0.2, 0.25) is 0 Å².